The van der Waals surface area contributed by atoms with Crippen LogP contribution in [-0.2, 0) is 15.8 Å². The van der Waals surface area contributed by atoms with Crippen molar-refractivity contribution in [3.8, 4) is 0 Å². The van der Waals surface area contributed by atoms with Crippen LogP contribution in [-0.4, -0.2) is 39.0 Å². The molecule has 3 rings (SSSR count). The van der Waals surface area contributed by atoms with Crippen molar-refractivity contribution < 1.29 is 12.8 Å². The quantitative estimate of drug-likeness (QED) is 0.855. The van der Waals surface area contributed by atoms with Gasteiger partial charge in [0.1, 0.15) is 5.82 Å². The molecule has 1 saturated carbocycles. The Morgan fingerprint density at radius 3 is 2.50 bits per heavy atom. The minimum Gasteiger partial charge on any atom is -0.300 e. The largest absolute Gasteiger partial charge is 0.300 e. The van der Waals surface area contributed by atoms with Crippen LogP contribution in [0.25, 0.3) is 0 Å². The first-order chi connectivity index (χ1) is 11.5. The molecule has 1 saturated heterocycles. The van der Waals surface area contributed by atoms with E-state index in [2.05, 4.69) is 9.62 Å². The minimum absolute atomic E-state index is 0.161. The second kappa shape index (κ2) is 7.93. The summed E-state index contributed by atoms with van der Waals surface area (Å²) in [6.07, 6.45) is 7.46. The Morgan fingerprint density at radius 2 is 1.83 bits per heavy atom. The number of rotatable bonds is 6. The standard InChI is InChI=1S/C18H27FN2O2S/c19-17-5-3-4-16(12-17)14-24(22,23)20-13-15-8-10-21(11-9-15)18-6-1-2-7-18/h3-5,12,15,18,20H,1-2,6-11,13-14H2. The van der Waals surface area contributed by atoms with Crippen LogP contribution in [0.1, 0.15) is 44.1 Å². The molecule has 0 unspecified atom stereocenters. The lowest BCUT2D eigenvalue weighted by Crippen LogP contribution is -2.42. The molecular weight excluding hydrogens is 327 g/mol. The number of likely N-dealkylation sites (tertiary alicyclic amines) is 1. The molecule has 1 aliphatic heterocycles. The lowest BCUT2D eigenvalue weighted by Gasteiger charge is -2.36. The van der Waals surface area contributed by atoms with Gasteiger partial charge in [0.25, 0.3) is 0 Å². The van der Waals surface area contributed by atoms with Gasteiger partial charge in [-0.3, -0.25) is 0 Å². The topological polar surface area (TPSA) is 49.4 Å². The van der Waals surface area contributed by atoms with Gasteiger partial charge in [0.2, 0.25) is 10.0 Å². The van der Waals surface area contributed by atoms with Gasteiger partial charge in [-0.1, -0.05) is 25.0 Å². The summed E-state index contributed by atoms with van der Waals surface area (Å²) in [7, 11) is -3.41. The second-order valence-corrected chi connectivity index (χ2v) is 8.96. The summed E-state index contributed by atoms with van der Waals surface area (Å²) in [6.45, 7) is 2.66. The Kier molecular flexibility index (Phi) is 5.89. The molecule has 4 nitrogen and oxygen atoms in total. The molecule has 0 spiro atoms. The Balaban J connectivity index is 1.43. The van der Waals surface area contributed by atoms with Gasteiger partial charge in [-0.15, -0.1) is 0 Å². The van der Waals surface area contributed by atoms with E-state index in [1.165, 1.54) is 37.8 Å². The van der Waals surface area contributed by atoms with Crippen molar-refractivity contribution in [1.82, 2.24) is 9.62 Å². The zero-order chi connectivity index (χ0) is 17.0. The van der Waals surface area contributed by atoms with E-state index in [4.69, 9.17) is 0 Å². The molecule has 134 valence electrons. The van der Waals surface area contributed by atoms with Gasteiger partial charge < -0.3 is 4.90 Å². The number of nitrogens with one attached hydrogen (secondary N) is 1. The SMILES string of the molecule is O=S(=O)(Cc1cccc(F)c1)NCC1CCN(C2CCCC2)CC1. The zero-order valence-electron chi connectivity index (χ0n) is 14.1. The fourth-order valence-electron chi connectivity index (χ4n) is 3.93. The van der Waals surface area contributed by atoms with E-state index in [-0.39, 0.29) is 5.75 Å². The van der Waals surface area contributed by atoms with Gasteiger partial charge in [-0.2, -0.15) is 0 Å². The van der Waals surface area contributed by atoms with Crippen LogP contribution in [0.15, 0.2) is 24.3 Å². The van der Waals surface area contributed by atoms with Crippen molar-refractivity contribution in [2.45, 2.75) is 50.3 Å². The van der Waals surface area contributed by atoms with Crippen LogP contribution < -0.4 is 4.72 Å². The molecule has 1 aromatic rings. The maximum atomic E-state index is 13.2. The maximum absolute atomic E-state index is 13.2. The smallest absolute Gasteiger partial charge is 0.215 e. The predicted octanol–water partition coefficient (Wildman–Crippen LogP) is 2.90. The first kappa shape index (κ1) is 17.8. The van der Waals surface area contributed by atoms with Crippen molar-refractivity contribution >= 4 is 10.0 Å². The van der Waals surface area contributed by atoms with Gasteiger partial charge in [0, 0.05) is 12.6 Å². The lowest BCUT2D eigenvalue weighted by molar-refractivity contribution is 0.135. The van der Waals surface area contributed by atoms with Gasteiger partial charge >= 0.3 is 0 Å². The molecule has 0 atom stereocenters. The molecule has 1 aromatic carbocycles. The molecule has 2 fully saturated rings. The third kappa shape index (κ3) is 5.01. The fourth-order valence-corrected chi connectivity index (χ4v) is 5.14. The molecule has 2 aliphatic rings. The number of hydrogen-bond donors (Lipinski definition) is 1. The molecule has 1 heterocycles. The van der Waals surface area contributed by atoms with Crippen LogP contribution in [0.2, 0.25) is 0 Å². The summed E-state index contributed by atoms with van der Waals surface area (Å²) in [5.74, 6) is -0.155. The highest BCUT2D eigenvalue weighted by atomic mass is 32.2. The minimum atomic E-state index is -3.41. The Hall–Kier alpha value is -0.980. The van der Waals surface area contributed by atoms with E-state index in [0.29, 0.717) is 18.0 Å². The van der Waals surface area contributed by atoms with E-state index in [1.807, 2.05) is 0 Å². The van der Waals surface area contributed by atoms with E-state index in [1.54, 1.807) is 12.1 Å². The number of piperidine rings is 1. The first-order valence-electron chi connectivity index (χ1n) is 8.98. The highest BCUT2D eigenvalue weighted by Crippen LogP contribution is 2.27. The summed E-state index contributed by atoms with van der Waals surface area (Å²) in [5, 5.41) is 0. The first-order valence-corrected chi connectivity index (χ1v) is 10.6. The van der Waals surface area contributed by atoms with E-state index in [0.717, 1.165) is 32.0 Å². The Morgan fingerprint density at radius 1 is 1.12 bits per heavy atom. The number of benzene rings is 1. The molecule has 0 bridgehead atoms. The molecule has 0 radical (unpaired) electrons. The normalized spacial score (nSPS) is 21.4. The van der Waals surface area contributed by atoms with Crippen LogP contribution >= 0.6 is 0 Å². The van der Waals surface area contributed by atoms with E-state index >= 15 is 0 Å². The van der Waals surface area contributed by atoms with E-state index in [9.17, 15) is 12.8 Å². The van der Waals surface area contributed by atoms with Gasteiger partial charge in [-0.25, -0.2) is 17.5 Å². The van der Waals surface area contributed by atoms with Crippen molar-refractivity contribution in [3.05, 3.63) is 35.6 Å². The summed E-state index contributed by atoms with van der Waals surface area (Å²) < 4.78 is 40.2. The predicted molar refractivity (Wildman–Crippen MR) is 93.6 cm³/mol. The van der Waals surface area contributed by atoms with Crippen molar-refractivity contribution in [2.75, 3.05) is 19.6 Å². The van der Waals surface area contributed by atoms with Crippen molar-refractivity contribution in [1.29, 1.82) is 0 Å². The number of nitrogens with zero attached hydrogens (tertiary/aromatic N) is 1. The number of halogens is 1. The zero-order valence-corrected chi connectivity index (χ0v) is 14.9. The van der Waals surface area contributed by atoms with E-state index < -0.39 is 15.8 Å². The van der Waals surface area contributed by atoms with Crippen LogP contribution in [0.5, 0.6) is 0 Å². The second-order valence-electron chi connectivity index (χ2n) is 7.16. The molecule has 24 heavy (non-hydrogen) atoms. The third-order valence-electron chi connectivity index (χ3n) is 5.33. The highest BCUT2D eigenvalue weighted by Gasteiger charge is 2.27. The molecule has 0 aromatic heterocycles. The van der Waals surface area contributed by atoms with Crippen LogP contribution in [0.4, 0.5) is 4.39 Å². The highest BCUT2D eigenvalue weighted by molar-refractivity contribution is 7.88. The summed E-state index contributed by atoms with van der Waals surface area (Å²) in [6, 6.07) is 6.54. The Bertz CT molecular complexity index is 636. The summed E-state index contributed by atoms with van der Waals surface area (Å²) >= 11 is 0. The van der Waals surface area contributed by atoms with Gasteiger partial charge in [0.15, 0.2) is 0 Å². The summed E-state index contributed by atoms with van der Waals surface area (Å²) in [5.41, 5.74) is 0.485. The average molecular weight is 354 g/mol. The fraction of sp³-hybridized carbons (Fsp3) is 0.667. The van der Waals surface area contributed by atoms with Crippen molar-refractivity contribution in [2.24, 2.45) is 5.92 Å². The number of sulfonamides is 1. The van der Waals surface area contributed by atoms with Gasteiger partial charge in [-0.05, 0) is 62.4 Å². The third-order valence-corrected chi connectivity index (χ3v) is 6.65. The molecule has 1 aliphatic carbocycles. The monoisotopic (exact) mass is 354 g/mol. The molecular formula is C18H27FN2O2S. The molecule has 6 heteroatoms. The van der Waals surface area contributed by atoms with Gasteiger partial charge in [0.05, 0.1) is 5.75 Å². The van der Waals surface area contributed by atoms with Crippen LogP contribution in [0.3, 0.4) is 0 Å². The van der Waals surface area contributed by atoms with Crippen LogP contribution in [0, 0.1) is 11.7 Å². The average Bonchev–Trinajstić information content (AvgIpc) is 3.08. The Labute approximate surface area is 144 Å². The lowest BCUT2D eigenvalue weighted by atomic mass is 9.96. The molecule has 1 N–H and O–H groups in total. The summed E-state index contributed by atoms with van der Waals surface area (Å²) in [4.78, 5) is 2.59. The number of hydrogen-bond acceptors (Lipinski definition) is 3. The molecule has 0 amide bonds. The van der Waals surface area contributed by atoms with Crippen molar-refractivity contribution in [3.63, 3.8) is 0 Å². The maximum Gasteiger partial charge on any atom is 0.215 e.